The second kappa shape index (κ2) is 8.04. The number of carbonyl (C=O) groups is 1. The smallest absolute Gasteiger partial charge is 0.249 e. The maximum atomic E-state index is 13.4. The molecular formula is C22H21FN6OS. The summed E-state index contributed by atoms with van der Waals surface area (Å²) >= 11 is 1.19. The molecule has 4 rings (SSSR count). The highest BCUT2D eigenvalue weighted by molar-refractivity contribution is 7.16. The zero-order valence-electron chi connectivity index (χ0n) is 17.6. The van der Waals surface area contributed by atoms with Crippen molar-refractivity contribution in [2.45, 2.75) is 39.3 Å². The minimum Gasteiger partial charge on any atom is -0.340 e. The zero-order valence-corrected chi connectivity index (χ0v) is 18.4. The summed E-state index contributed by atoms with van der Waals surface area (Å²) in [5, 5.41) is 9.67. The fraction of sp³-hybridized carbons (Fsp3) is 0.318. The molecule has 0 saturated heterocycles. The van der Waals surface area contributed by atoms with Gasteiger partial charge in [-0.25, -0.2) is 19.3 Å². The molecule has 0 fully saturated rings. The van der Waals surface area contributed by atoms with E-state index in [2.05, 4.69) is 16.0 Å². The summed E-state index contributed by atoms with van der Waals surface area (Å²) in [5.41, 5.74) is 1.85. The van der Waals surface area contributed by atoms with Crippen molar-refractivity contribution < 1.29 is 9.18 Å². The molecule has 0 N–H and O–H groups in total. The Bertz CT molecular complexity index is 1180. The van der Waals surface area contributed by atoms with Crippen molar-refractivity contribution in [3.8, 4) is 28.0 Å². The number of amides is 1. The first kappa shape index (κ1) is 20.9. The monoisotopic (exact) mass is 436 g/mol. The Morgan fingerprint density at radius 2 is 1.97 bits per heavy atom. The predicted molar refractivity (Wildman–Crippen MR) is 118 cm³/mol. The van der Waals surface area contributed by atoms with E-state index in [1.54, 1.807) is 30.3 Å². The van der Waals surface area contributed by atoms with Gasteiger partial charge in [-0.05, 0) is 44.5 Å². The van der Waals surface area contributed by atoms with Gasteiger partial charge < -0.3 is 9.80 Å². The van der Waals surface area contributed by atoms with Crippen LogP contribution in [0.4, 0.5) is 15.9 Å². The van der Waals surface area contributed by atoms with E-state index in [0.717, 1.165) is 0 Å². The minimum absolute atomic E-state index is 0.0107. The molecule has 0 spiro atoms. The van der Waals surface area contributed by atoms with Crippen LogP contribution in [-0.4, -0.2) is 40.0 Å². The van der Waals surface area contributed by atoms with Gasteiger partial charge >= 0.3 is 0 Å². The van der Waals surface area contributed by atoms with Crippen LogP contribution >= 0.6 is 11.3 Å². The molecule has 2 aromatic heterocycles. The van der Waals surface area contributed by atoms with Crippen LogP contribution in [0.25, 0.3) is 22.0 Å². The number of rotatable bonds is 4. The molecule has 1 aromatic carbocycles. The highest BCUT2D eigenvalue weighted by Crippen LogP contribution is 2.40. The van der Waals surface area contributed by atoms with Crippen molar-refractivity contribution in [3.63, 3.8) is 0 Å². The van der Waals surface area contributed by atoms with E-state index >= 15 is 0 Å². The fourth-order valence-electron chi connectivity index (χ4n) is 3.81. The van der Waals surface area contributed by atoms with Gasteiger partial charge in [0.15, 0.2) is 16.6 Å². The molecule has 158 valence electrons. The van der Waals surface area contributed by atoms with Crippen LogP contribution in [0.15, 0.2) is 30.5 Å². The maximum Gasteiger partial charge on any atom is 0.249 e. The number of aromatic nitrogens is 3. The highest BCUT2D eigenvalue weighted by Gasteiger charge is 2.38. The quantitative estimate of drug-likeness (QED) is 0.608. The number of anilines is 2. The van der Waals surface area contributed by atoms with E-state index in [1.165, 1.54) is 23.5 Å². The van der Waals surface area contributed by atoms with E-state index < -0.39 is 0 Å². The Balaban J connectivity index is 1.89. The Morgan fingerprint density at radius 1 is 1.26 bits per heavy atom. The molecule has 1 unspecified atom stereocenters. The predicted octanol–water partition coefficient (Wildman–Crippen LogP) is 4.25. The Morgan fingerprint density at radius 3 is 2.58 bits per heavy atom. The molecule has 1 atom stereocenters. The standard InChI is InChI=1S/C22H21FN6OS/c1-5-15-22(30)28(4)16-11-25-20(27-21(16)29(15)12(2)3)19-18(26-17(10-24)31-19)13-6-8-14(23)9-7-13/h6-9,11-12,15H,5H2,1-4H3. The molecule has 1 aliphatic heterocycles. The molecule has 1 amide bonds. The lowest BCUT2D eigenvalue weighted by Gasteiger charge is -2.42. The number of likely N-dealkylation sites (N-methyl/N-ethyl adjacent to an activating group) is 1. The second-order valence-electron chi connectivity index (χ2n) is 7.54. The van der Waals surface area contributed by atoms with Gasteiger partial charge in [-0.3, -0.25) is 4.79 Å². The molecule has 0 radical (unpaired) electrons. The molecule has 7 nitrogen and oxygen atoms in total. The molecule has 0 saturated carbocycles. The average molecular weight is 437 g/mol. The van der Waals surface area contributed by atoms with Gasteiger partial charge in [0, 0.05) is 18.7 Å². The zero-order chi connectivity index (χ0) is 22.3. The fourth-order valence-corrected chi connectivity index (χ4v) is 4.64. The van der Waals surface area contributed by atoms with Crippen molar-refractivity contribution in [2.75, 3.05) is 16.8 Å². The molecule has 3 aromatic rings. The molecule has 0 bridgehead atoms. The van der Waals surface area contributed by atoms with Gasteiger partial charge in [-0.15, -0.1) is 0 Å². The number of halogens is 1. The summed E-state index contributed by atoms with van der Waals surface area (Å²) < 4.78 is 13.4. The summed E-state index contributed by atoms with van der Waals surface area (Å²) in [4.78, 5) is 30.8. The normalized spacial score (nSPS) is 15.9. The van der Waals surface area contributed by atoms with E-state index in [-0.39, 0.29) is 28.8 Å². The number of nitrogens with zero attached hydrogens (tertiary/aromatic N) is 6. The van der Waals surface area contributed by atoms with Crippen molar-refractivity contribution in [3.05, 3.63) is 41.3 Å². The van der Waals surface area contributed by atoms with E-state index in [0.29, 0.717) is 39.9 Å². The van der Waals surface area contributed by atoms with Gasteiger partial charge in [0.2, 0.25) is 5.91 Å². The van der Waals surface area contributed by atoms with Crippen LogP contribution in [0.5, 0.6) is 0 Å². The molecule has 1 aliphatic rings. The molecule has 9 heteroatoms. The maximum absolute atomic E-state index is 13.4. The first-order valence-corrected chi connectivity index (χ1v) is 10.8. The van der Waals surface area contributed by atoms with Gasteiger partial charge in [0.1, 0.15) is 28.5 Å². The average Bonchev–Trinajstić information content (AvgIpc) is 3.20. The van der Waals surface area contributed by atoms with Crippen LogP contribution in [0, 0.1) is 17.1 Å². The number of hydrogen-bond acceptors (Lipinski definition) is 7. The SMILES string of the molecule is CCC1C(=O)N(C)c2cnc(-c3sc(C#N)nc3-c3ccc(F)cc3)nc2N1C(C)C. The highest BCUT2D eigenvalue weighted by atomic mass is 32.1. The Labute approximate surface area is 183 Å². The van der Waals surface area contributed by atoms with Crippen LogP contribution in [-0.2, 0) is 4.79 Å². The number of thiazole rings is 1. The van der Waals surface area contributed by atoms with Gasteiger partial charge in [-0.2, -0.15) is 5.26 Å². The van der Waals surface area contributed by atoms with Gasteiger partial charge in [0.25, 0.3) is 0 Å². The van der Waals surface area contributed by atoms with Crippen LogP contribution in [0.3, 0.4) is 0 Å². The van der Waals surface area contributed by atoms with E-state index in [9.17, 15) is 14.4 Å². The van der Waals surface area contributed by atoms with Crippen molar-refractivity contribution in [1.29, 1.82) is 5.26 Å². The third kappa shape index (κ3) is 3.53. The van der Waals surface area contributed by atoms with Crippen LogP contribution < -0.4 is 9.80 Å². The number of fused-ring (bicyclic) bond motifs is 1. The van der Waals surface area contributed by atoms with Crippen molar-refractivity contribution >= 4 is 28.7 Å². The second-order valence-corrected chi connectivity index (χ2v) is 8.54. The van der Waals surface area contributed by atoms with Gasteiger partial charge in [-0.1, -0.05) is 18.3 Å². The topological polar surface area (TPSA) is 86.0 Å². The van der Waals surface area contributed by atoms with Crippen molar-refractivity contribution in [2.24, 2.45) is 0 Å². The van der Waals surface area contributed by atoms with Crippen LogP contribution in [0.2, 0.25) is 0 Å². The third-order valence-electron chi connectivity index (χ3n) is 5.29. The summed E-state index contributed by atoms with van der Waals surface area (Å²) in [7, 11) is 1.73. The Kier molecular flexibility index (Phi) is 5.41. The largest absolute Gasteiger partial charge is 0.340 e. The van der Waals surface area contributed by atoms with E-state index in [4.69, 9.17) is 4.98 Å². The lowest BCUT2D eigenvalue weighted by atomic mass is 10.1. The molecule has 3 heterocycles. The summed E-state index contributed by atoms with van der Waals surface area (Å²) in [6.45, 7) is 6.03. The molecule has 31 heavy (non-hydrogen) atoms. The summed E-state index contributed by atoms with van der Waals surface area (Å²) in [6.07, 6.45) is 2.29. The molecular weight excluding hydrogens is 415 g/mol. The first-order valence-electron chi connectivity index (χ1n) is 9.95. The summed E-state index contributed by atoms with van der Waals surface area (Å²) in [5.74, 6) is 0.750. The summed E-state index contributed by atoms with van der Waals surface area (Å²) in [6, 6.07) is 7.75. The molecule has 0 aliphatic carbocycles. The number of nitriles is 1. The minimum atomic E-state index is -0.350. The number of carbonyl (C=O) groups excluding carboxylic acids is 1. The van der Waals surface area contributed by atoms with Crippen molar-refractivity contribution in [1.82, 2.24) is 15.0 Å². The van der Waals surface area contributed by atoms with Gasteiger partial charge in [0.05, 0.1) is 11.9 Å². The van der Waals surface area contributed by atoms with Crippen LogP contribution in [0.1, 0.15) is 32.2 Å². The lowest BCUT2D eigenvalue weighted by Crippen LogP contribution is -2.54. The number of benzene rings is 1. The van der Waals surface area contributed by atoms with E-state index in [1.807, 2.05) is 25.7 Å². The number of hydrogen-bond donors (Lipinski definition) is 0. The lowest BCUT2D eigenvalue weighted by molar-refractivity contribution is -0.120. The Hall–Kier alpha value is -3.38. The third-order valence-corrected chi connectivity index (χ3v) is 6.25. The first-order chi connectivity index (χ1) is 14.8.